The highest BCUT2D eigenvalue weighted by atomic mass is 16.6. The number of carboxylic acids is 1. The lowest BCUT2D eigenvalue weighted by atomic mass is 10.0. The molecule has 1 aromatic rings. The van der Waals surface area contributed by atoms with E-state index >= 15 is 0 Å². The van der Waals surface area contributed by atoms with Crippen LogP contribution in [0.3, 0.4) is 0 Å². The van der Waals surface area contributed by atoms with Crippen molar-refractivity contribution in [2.75, 3.05) is 0 Å². The fraction of sp³-hybridized carbons (Fsp3) is 0.429. The van der Waals surface area contributed by atoms with E-state index in [-0.39, 0.29) is 17.8 Å². The minimum absolute atomic E-state index is 0.164. The first-order valence-corrected chi connectivity index (χ1v) is 3.91. The highest BCUT2D eigenvalue weighted by molar-refractivity contribution is 5.68. The molecule has 14 heavy (non-hydrogen) atoms. The summed E-state index contributed by atoms with van der Waals surface area (Å²) in [5.74, 6) is -1.45. The van der Waals surface area contributed by atoms with Gasteiger partial charge in [0.15, 0.2) is 0 Å². The predicted octanol–water partition coefficient (Wildman–Crippen LogP) is 0.896. The molecule has 1 rings (SSSR count). The molecule has 0 aliphatic rings. The maximum Gasteiger partial charge on any atom is 0.310 e. The minimum atomic E-state index is -0.999. The largest absolute Gasteiger partial charge is 0.481 e. The monoisotopic (exact) mass is 199 g/mol. The van der Waals surface area contributed by atoms with Gasteiger partial charge in [-0.15, -0.1) is 0 Å². The molecule has 0 radical (unpaired) electrons. The molecule has 1 unspecified atom stereocenters. The number of nitrogens with zero attached hydrogens (tertiary/aromatic N) is 2. The molecule has 1 aromatic heterocycles. The van der Waals surface area contributed by atoms with E-state index in [0.717, 1.165) is 6.20 Å². The van der Waals surface area contributed by atoms with Crippen molar-refractivity contribution < 1.29 is 14.8 Å². The molecule has 2 N–H and O–H groups in total. The Hall–Kier alpha value is -1.92. The summed E-state index contributed by atoms with van der Waals surface area (Å²) in [6.07, 6.45) is 0.913. The molecule has 1 heterocycles. The van der Waals surface area contributed by atoms with Crippen LogP contribution in [0, 0.1) is 10.1 Å². The molecule has 0 bridgehead atoms. The number of carbonyl (C=O) groups is 1. The number of rotatable bonds is 4. The van der Waals surface area contributed by atoms with Gasteiger partial charge in [-0.05, 0) is 0 Å². The van der Waals surface area contributed by atoms with Gasteiger partial charge in [-0.25, -0.2) is 0 Å². The highest BCUT2D eigenvalue weighted by Gasteiger charge is 2.22. The number of aromatic amines is 1. The van der Waals surface area contributed by atoms with Crippen molar-refractivity contribution >= 4 is 11.7 Å². The molecule has 0 aromatic carbocycles. The van der Waals surface area contributed by atoms with Crippen LogP contribution in [-0.2, 0) is 4.79 Å². The lowest BCUT2D eigenvalue weighted by Gasteiger charge is -2.04. The summed E-state index contributed by atoms with van der Waals surface area (Å²) >= 11 is 0. The first kappa shape index (κ1) is 10.2. The Bertz CT molecular complexity index is 360. The van der Waals surface area contributed by atoms with Crippen LogP contribution >= 0.6 is 0 Å². The van der Waals surface area contributed by atoms with Gasteiger partial charge in [0.2, 0.25) is 0 Å². The molecule has 0 saturated carbocycles. The van der Waals surface area contributed by atoms with Crippen LogP contribution in [-0.4, -0.2) is 26.2 Å². The summed E-state index contributed by atoms with van der Waals surface area (Å²) in [6.45, 7) is 1.59. The van der Waals surface area contributed by atoms with E-state index in [1.165, 1.54) is 0 Å². The molecule has 0 amide bonds. The van der Waals surface area contributed by atoms with E-state index in [9.17, 15) is 14.9 Å². The molecule has 0 fully saturated rings. The van der Waals surface area contributed by atoms with Gasteiger partial charge >= 0.3 is 11.7 Å². The summed E-state index contributed by atoms with van der Waals surface area (Å²) in [4.78, 5) is 20.3. The van der Waals surface area contributed by atoms with Gasteiger partial charge in [0.05, 0.1) is 11.3 Å². The smallest absolute Gasteiger partial charge is 0.310 e. The topological polar surface area (TPSA) is 109 Å². The number of H-pyrrole nitrogens is 1. The molecule has 0 saturated heterocycles. The van der Waals surface area contributed by atoms with Crippen LogP contribution in [0.1, 0.15) is 25.0 Å². The van der Waals surface area contributed by atoms with E-state index in [0.29, 0.717) is 0 Å². The minimum Gasteiger partial charge on any atom is -0.481 e. The van der Waals surface area contributed by atoms with E-state index in [1.54, 1.807) is 6.92 Å². The van der Waals surface area contributed by atoms with Gasteiger partial charge in [0, 0.05) is 5.92 Å². The fourth-order valence-electron chi connectivity index (χ4n) is 1.16. The fourth-order valence-corrected chi connectivity index (χ4v) is 1.16. The Morgan fingerprint density at radius 2 is 2.50 bits per heavy atom. The number of nitrogens with one attached hydrogen (secondary N) is 1. The van der Waals surface area contributed by atoms with Crippen molar-refractivity contribution in [1.82, 2.24) is 10.2 Å². The standard InChI is InChI=1S/C7H9N3O4/c1-4(2-6(11)12)7-5(10(13)14)3-8-9-7/h3-4H,2H2,1H3,(H,8,9)(H,11,12). The Morgan fingerprint density at radius 1 is 1.86 bits per heavy atom. The predicted molar refractivity (Wildman–Crippen MR) is 45.9 cm³/mol. The van der Waals surface area contributed by atoms with Crippen LogP contribution in [0.2, 0.25) is 0 Å². The Labute approximate surface area is 78.9 Å². The summed E-state index contributed by atoms with van der Waals surface area (Å²) in [6, 6.07) is 0. The zero-order valence-electron chi connectivity index (χ0n) is 7.43. The van der Waals surface area contributed by atoms with Crippen molar-refractivity contribution in [1.29, 1.82) is 0 Å². The third-order valence-electron chi connectivity index (χ3n) is 1.82. The maximum atomic E-state index is 10.5. The normalized spacial score (nSPS) is 12.4. The SMILES string of the molecule is CC(CC(=O)O)c1[nH]ncc1[N+](=O)[O-]. The summed E-state index contributed by atoms with van der Waals surface area (Å²) in [5, 5.41) is 24.9. The number of aromatic nitrogens is 2. The average molecular weight is 199 g/mol. The molecular weight excluding hydrogens is 190 g/mol. The molecule has 0 aliphatic carbocycles. The van der Waals surface area contributed by atoms with E-state index in [4.69, 9.17) is 5.11 Å². The Morgan fingerprint density at radius 3 is 3.00 bits per heavy atom. The Balaban J connectivity index is 2.89. The zero-order valence-corrected chi connectivity index (χ0v) is 7.43. The quantitative estimate of drug-likeness (QED) is 0.552. The number of nitro groups is 1. The first-order valence-electron chi connectivity index (χ1n) is 3.91. The van der Waals surface area contributed by atoms with Gasteiger partial charge < -0.3 is 5.11 Å². The summed E-state index contributed by atoms with van der Waals surface area (Å²) in [5.41, 5.74) is 0.0798. The number of hydrogen-bond acceptors (Lipinski definition) is 4. The van der Waals surface area contributed by atoms with Crippen LogP contribution < -0.4 is 0 Å². The molecule has 76 valence electrons. The lowest BCUT2D eigenvalue weighted by Crippen LogP contribution is -2.05. The van der Waals surface area contributed by atoms with E-state index < -0.39 is 16.8 Å². The molecule has 7 nitrogen and oxygen atoms in total. The third-order valence-corrected chi connectivity index (χ3v) is 1.82. The van der Waals surface area contributed by atoms with E-state index in [1.807, 2.05) is 0 Å². The Kier molecular flexibility index (Phi) is 2.80. The second-order valence-corrected chi connectivity index (χ2v) is 2.92. The maximum absolute atomic E-state index is 10.5. The summed E-state index contributed by atoms with van der Waals surface area (Å²) in [7, 11) is 0. The molecule has 7 heteroatoms. The van der Waals surface area contributed by atoms with Crippen molar-refractivity contribution in [3.05, 3.63) is 22.0 Å². The number of carboxylic acid groups (broad SMARTS) is 1. The second-order valence-electron chi connectivity index (χ2n) is 2.92. The number of aliphatic carboxylic acids is 1. The lowest BCUT2D eigenvalue weighted by molar-refractivity contribution is -0.385. The zero-order chi connectivity index (χ0) is 10.7. The molecular formula is C7H9N3O4. The molecule has 0 spiro atoms. The van der Waals surface area contributed by atoms with Crippen LogP contribution in [0.5, 0.6) is 0 Å². The third kappa shape index (κ3) is 2.06. The van der Waals surface area contributed by atoms with Gasteiger partial charge in [0.1, 0.15) is 11.9 Å². The van der Waals surface area contributed by atoms with Gasteiger partial charge in [-0.3, -0.25) is 20.0 Å². The van der Waals surface area contributed by atoms with Gasteiger partial charge in [0.25, 0.3) is 0 Å². The second kappa shape index (κ2) is 3.86. The van der Waals surface area contributed by atoms with Crippen LogP contribution in [0.15, 0.2) is 6.20 Å². The van der Waals surface area contributed by atoms with Crippen LogP contribution in [0.25, 0.3) is 0 Å². The number of hydrogen-bond donors (Lipinski definition) is 2. The molecule has 0 aliphatic heterocycles. The highest BCUT2D eigenvalue weighted by Crippen LogP contribution is 2.25. The average Bonchev–Trinajstić information content (AvgIpc) is 2.49. The summed E-state index contributed by atoms with van der Waals surface area (Å²) < 4.78 is 0. The van der Waals surface area contributed by atoms with Crippen LogP contribution in [0.4, 0.5) is 5.69 Å². The molecule has 1 atom stereocenters. The first-order chi connectivity index (χ1) is 6.52. The van der Waals surface area contributed by atoms with Crippen molar-refractivity contribution in [3.63, 3.8) is 0 Å². The van der Waals surface area contributed by atoms with Crippen molar-refractivity contribution in [2.24, 2.45) is 0 Å². The van der Waals surface area contributed by atoms with Gasteiger partial charge in [-0.1, -0.05) is 6.92 Å². The van der Waals surface area contributed by atoms with Gasteiger partial charge in [-0.2, -0.15) is 5.10 Å². The van der Waals surface area contributed by atoms with E-state index in [2.05, 4.69) is 10.2 Å². The van der Waals surface area contributed by atoms with Crippen molar-refractivity contribution in [2.45, 2.75) is 19.3 Å². The van der Waals surface area contributed by atoms with Crippen molar-refractivity contribution in [3.8, 4) is 0 Å².